The van der Waals surface area contributed by atoms with Crippen LogP contribution in [0.1, 0.15) is 27.7 Å². The Kier molecular flexibility index (Phi) is 3.51. The first-order chi connectivity index (χ1) is 8.28. The summed E-state index contributed by atoms with van der Waals surface area (Å²) in [7, 11) is -0.640. The Labute approximate surface area is 112 Å². The Hall–Kier alpha value is -0.515. The van der Waals surface area contributed by atoms with Crippen LogP contribution in [0, 0.1) is 5.82 Å². The quantitative estimate of drug-likeness (QED) is 0.607. The smallest absolute Gasteiger partial charge is 0.399 e. The highest BCUT2D eigenvalue weighted by Gasteiger charge is 2.52. The predicted octanol–water partition coefficient (Wildman–Crippen LogP) is 2.85. The zero-order valence-corrected chi connectivity index (χ0v) is 12.2. The van der Waals surface area contributed by atoms with Crippen molar-refractivity contribution in [3.05, 3.63) is 24.0 Å². The molecule has 1 aromatic rings. The van der Waals surface area contributed by atoms with Gasteiger partial charge in [0.25, 0.3) is 0 Å². The molecule has 2 nitrogen and oxygen atoms in total. The average molecular weight is 268 g/mol. The summed E-state index contributed by atoms with van der Waals surface area (Å²) in [5.74, 6) is -0.277. The number of hydrogen-bond donors (Lipinski definition) is 0. The SMILES string of the molecule is CSc1cccc(F)c1B1OC(C)(C)C(C)(C)O1. The van der Waals surface area contributed by atoms with Crippen LogP contribution in [0.2, 0.25) is 0 Å². The maximum Gasteiger partial charge on any atom is 0.499 e. The third-order valence-corrected chi connectivity index (χ3v) is 4.52. The summed E-state index contributed by atoms with van der Waals surface area (Å²) in [5, 5.41) is 0. The van der Waals surface area contributed by atoms with Crippen LogP contribution in [0.15, 0.2) is 23.1 Å². The molecule has 1 aliphatic heterocycles. The zero-order chi connectivity index (χ0) is 13.6. The van der Waals surface area contributed by atoms with Gasteiger partial charge in [-0.25, -0.2) is 4.39 Å². The molecule has 5 heteroatoms. The number of benzene rings is 1. The first-order valence-corrected chi connectivity index (χ1v) is 7.19. The van der Waals surface area contributed by atoms with Crippen LogP contribution in [0.5, 0.6) is 0 Å². The van der Waals surface area contributed by atoms with Crippen LogP contribution in [0.3, 0.4) is 0 Å². The largest absolute Gasteiger partial charge is 0.499 e. The summed E-state index contributed by atoms with van der Waals surface area (Å²) in [4.78, 5) is 0.855. The van der Waals surface area contributed by atoms with Crippen molar-refractivity contribution in [3.63, 3.8) is 0 Å². The van der Waals surface area contributed by atoms with Crippen molar-refractivity contribution in [2.24, 2.45) is 0 Å². The number of thioether (sulfide) groups is 1. The number of halogens is 1. The lowest BCUT2D eigenvalue weighted by molar-refractivity contribution is 0.00578. The minimum atomic E-state index is -0.640. The van der Waals surface area contributed by atoms with Crippen molar-refractivity contribution < 1.29 is 13.7 Å². The highest BCUT2D eigenvalue weighted by Crippen LogP contribution is 2.37. The maximum atomic E-state index is 14.0. The van der Waals surface area contributed by atoms with E-state index in [-0.39, 0.29) is 5.82 Å². The van der Waals surface area contributed by atoms with Gasteiger partial charge in [-0.3, -0.25) is 0 Å². The van der Waals surface area contributed by atoms with E-state index < -0.39 is 18.3 Å². The van der Waals surface area contributed by atoms with Crippen LogP contribution in [-0.4, -0.2) is 24.6 Å². The molecular formula is C13H18BFO2S. The van der Waals surface area contributed by atoms with Crippen molar-refractivity contribution in [2.45, 2.75) is 43.8 Å². The molecule has 1 heterocycles. The molecule has 0 aromatic heterocycles. The molecule has 0 amide bonds. The lowest BCUT2D eigenvalue weighted by atomic mass is 9.78. The summed E-state index contributed by atoms with van der Waals surface area (Å²) in [6, 6.07) is 5.03. The second-order valence-corrected chi connectivity index (χ2v) is 6.29. The van der Waals surface area contributed by atoms with Crippen LogP contribution >= 0.6 is 11.8 Å². The lowest BCUT2D eigenvalue weighted by Crippen LogP contribution is -2.41. The van der Waals surface area contributed by atoms with Gasteiger partial charge in [0.1, 0.15) is 5.82 Å². The topological polar surface area (TPSA) is 18.5 Å². The van der Waals surface area contributed by atoms with Crippen LogP contribution in [-0.2, 0) is 9.31 Å². The second-order valence-electron chi connectivity index (χ2n) is 5.44. The van der Waals surface area contributed by atoms with E-state index in [9.17, 15) is 4.39 Å². The Morgan fingerprint density at radius 1 is 1.11 bits per heavy atom. The Morgan fingerprint density at radius 3 is 2.17 bits per heavy atom. The van der Waals surface area contributed by atoms with Gasteiger partial charge >= 0.3 is 7.12 Å². The second kappa shape index (κ2) is 4.55. The molecule has 1 aliphatic rings. The van der Waals surface area contributed by atoms with Gasteiger partial charge in [-0.2, -0.15) is 0 Å². The number of rotatable bonds is 2. The summed E-state index contributed by atoms with van der Waals surface area (Å²) in [6.45, 7) is 7.86. The van der Waals surface area contributed by atoms with E-state index in [1.165, 1.54) is 17.8 Å². The monoisotopic (exact) mass is 268 g/mol. The van der Waals surface area contributed by atoms with Gasteiger partial charge in [-0.05, 0) is 46.1 Å². The first-order valence-electron chi connectivity index (χ1n) is 5.96. The molecule has 0 spiro atoms. The Morgan fingerprint density at radius 2 is 1.67 bits per heavy atom. The minimum Gasteiger partial charge on any atom is -0.399 e. The molecule has 0 atom stereocenters. The molecule has 18 heavy (non-hydrogen) atoms. The predicted molar refractivity (Wildman–Crippen MR) is 73.9 cm³/mol. The van der Waals surface area contributed by atoms with E-state index in [1.54, 1.807) is 6.07 Å². The van der Waals surface area contributed by atoms with Crippen molar-refractivity contribution in [1.29, 1.82) is 0 Å². The summed E-state index contributed by atoms with van der Waals surface area (Å²) in [5.41, 5.74) is -0.394. The minimum absolute atomic E-state index is 0.277. The molecule has 1 aromatic carbocycles. The molecule has 2 rings (SSSR count). The van der Waals surface area contributed by atoms with E-state index in [0.29, 0.717) is 5.46 Å². The van der Waals surface area contributed by atoms with Gasteiger partial charge in [-0.15, -0.1) is 11.8 Å². The zero-order valence-electron chi connectivity index (χ0n) is 11.4. The van der Waals surface area contributed by atoms with Gasteiger partial charge in [0, 0.05) is 10.4 Å². The van der Waals surface area contributed by atoms with E-state index in [1.807, 2.05) is 40.0 Å². The Balaban J connectivity index is 2.41. The fourth-order valence-electron chi connectivity index (χ4n) is 1.88. The molecule has 1 saturated heterocycles. The van der Waals surface area contributed by atoms with Crippen molar-refractivity contribution in [2.75, 3.05) is 6.26 Å². The normalized spacial score (nSPS) is 21.3. The molecular weight excluding hydrogens is 250 g/mol. The fourth-order valence-corrected chi connectivity index (χ4v) is 2.51. The van der Waals surface area contributed by atoms with E-state index in [0.717, 1.165) is 4.90 Å². The van der Waals surface area contributed by atoms with Crippen LogP contribution < -0.4 is 5.46 Å². The van der Waals surface area contributed by atoms with Gasteiger partial charge in [0.05, 0.1) is 11.2 Å². The van der Waals surface area contributed by atoms with Crippen molar-refractivity contribution in [1.82, 2.24) is 0 Å². The summed E-state index contributed by atoms with van der Waals surface area (Å²) >= 11 is 1.50. The Bertz CT molecular complexity index is 446. The molecule has 98 valence electrons. The lowest BCUT2D eigenvalue weighted by Gasteiger charge is -2.32. The van der Waals surface area contributed by atoms with Gasteiger partial charge < -0.3 is 9.31 Å². The maximum absolute atomic E-state index is 14.0. The third kappa shape index (κ3) is 2.19. The standard InChI is InChI=1S/C13H18BFO2S/c1-12(2)13(3,4)17-14(16-12)11-9(15)7-6-8-10(11)18-5/h6-8H,1-5H3. The summed E-state index contributed by atoms with van der Waals surface area (Å²) < 4.78 is 25.8. The summed E-state index contributed by atoms with van der Waals surface area (Å²) in [6.07, 6.45) is 1.92. The highest BCUT2D eigenvalue weighted by molar-refractivity contribution is 7.98. The van der Waals surface area contributed by atoms with E-state index >= 15 is 0 Å². The molecule has 0 saturated carbocycles. The third-order valence-electron chi connectivity index (χ3n) is 3.72. The molecule has 1 fully saturated rings. The van der Waals surface area contributed by atoms with Crippen LogP contribution in [0.4, 0.5) is 4.39 Å². The molecule has 0 N–H and O–H groups in total. The van der Waals surface area contributed by atoms with E-state index in [4.69, 9.17) is 9.31 Å². The number of hydrogen-bond acceptors (Lipinski definition) is 3. The van der Waals surface area contributed by atoms with Gasteiger partial charge in [0.2, 0.25) is 0 Å². The van der Waals surface area contributed by atoms with Crippen molar-refractivity contribution in [3.8, 4) is 0 Å². The fraction of sp³-hybridized carbons (Fsp3) is 0.538. The van der Waals surface area contributed by atoms with Crippen LogP contribution in [0.25, 0.3) is 0 Å². The highest BCUT2D eigenvalue weighted by atomic mass is 32.2. The first kappa shape index (κ1) is 13.9. The van der Waals surface area contributed by atoms with Gasteiger partial charge in [0.15, 0.2) is 0 Å². The molecule has 0 radical (unpaired) electrons. The molecule has 0 unspecified atom stereocenters. The molecule has 0 bridgehead atoms. The molecule has 0 aliphatic carbocycles. The van der Waals surface area contributed by atoms with E-state index in [2.05, 4.69) is 0 Å². The van der Waals surface area contributed by atoms with Gasteiger partial charge in [-0.1, -0.05) is 6.07 Å². The van der Waals surface area contributed by atoms with Crippen molar-refractivity contribution >= 4 is 24.3 Å². The average Bonchev–Trinajstić information content (AvgIpc) is 2.47.